The summed E-state index contributed by atoms with van der Waals surface area (Å²) >= 11 is 1.28. The number of benzene rings is 3. The van der Waals surface area contributed by atoms with Crippen molar-refractivity contribution in [1.82, 2.24) is 19.7 Å². The number of rotatable bonds is 16. The molecule has 1 aromatic heterocycles. The van der Waals surface area contributed by atoms with Crippen LogP contribution < -0.4 is 0 Å². The minimum atomic E-state index is -1.88. The molecule has 0 bridgehead atoms. The van der Waals surface area contributed by atoms with Gasteiger partial charge in [0.2, 0.25) is 0 Å². The molecule has 2 atom stereocenters. The maximum Gasteiger partial charge on any atom is 0.339 e. The van der Waals surface area contributed by atoms with Gasteiger partial charge >= 0.3 is 11.9 Å². The molecule has 0 amide bonds. The van der Waals surface area contributed by atoms with Crippen molar-refractivity contribution in [2.75, 3.05) is 33.9 Å². The number of thioether (sulfide) groups is 1. The smallest absolute Gasteiger partial charge is 0.339 e. The average molecular weight is 801 g/mol. The second-order valence-electron chi connectivity index (χ2n) is 13.2. The fraction of sp³-hybridized carbons (Fsp3) is 0.317. The molecule has 57 heavy (non-hydrogen) atoms. The Morgan fingerprint density at radius 1 is 1.04 bits per heavy atom. The fourth-order valence-electron chi connectivity index (χ4n) is 5.85. The number of nitrogens with zero attached hydrogens (tertiary/aromatic N) is 6. The van der Waals surface area contributed by atoms with Crippen LogP contribution in [0, 0.1) is 40.1 Å². The van der Waals surface area contributed by atoms with Crippen LogP contribution >= 0.6 is 11.8 Å². The number of carbonyl (C=O) groups excluding carboxylic acids is 2. The third-order valence-electron chi connectivity index (χ3n) is 8.87. The summed E-state index contributed by atoms with van der Waals surface area (Å²) in [5, 5.41) is 21.7. The molecule has 5 rings (SSSR count). The van der Waals surface area contributed by atoms with Crippen LogP contribution in [0.1, 0.15) is 51.5 Å². The van der Waals surface area contributed by atoms with Crippen molar-refractivity contribution in [3.8, 4) is 12.1 Å². The summed E-state index contributed by atoms with van der Waals surface area (Å²) in [5.41, 5.74) is -1.23. The van der Waals surface area contributed by atoms with E-state index in [0.29, 0.717) is 18.2 Å². The molecule has 0 spiro atoms. The molecule has 0 N–H and O–H groups in total. The molecule has 0 radical (unpaired) electrons. The van der Waals surface area contributed by atoms with Crippen LogP contribution in [0.3, 0.4) is 0 Å². The van der Waals surface area contributed by atoms with Gasteiger partial charge in [-0.25, -0.2) is 27.6 Å². The Kier molecular flexibility index (Phi) is 14.8. The van der Waals surface area contributed by atoms with Crippen LogP contribution in [-0.2, 0) is 42.5 Å². The summed E-state index contributed by atoms with van der Waals surface area (Å²) in [5.74, 6) is -3.82. The third kappa shape index (κ3) is 11.4. The number of allylic oxidation sites excluding steroid dienone is 2. The summed E-state index contributed by atoms with van der Waals surface area (Å²) in [4.78, 5) is 32.7. The Morgan fingerprint density at radius 2 is 1.77 bits per heavy atom. The van der Waals surface area contributed by atoms with Crippen LogP contribution in [0.15, 0.2) is 85.5 Å². The van der Waals surface area contributed by atoms with E-state index in [4.69, 9.17) is 24.2 Å². The summed E-state index contributed by atoms with van der Waals surface area (Å²) in [6, 6.07) is 15.3. The molecule has 296 valence electrons. The van der Waals surface area contributed by atoms with Gasteiger partial charge in [-0.2, -0.15) is 15.6 Å². The summed E-state index contributed by atoms with van der Waals surface area (Å²) < 4.78 is 69.6. The Morgan fingerprint density at radius 3 is 2.44 bits per heavy atom. The van der Waals surface area contributed by atoms with Crippen molar-refractivity contribution in [3.05, 3.63) is 136 Å². The summed E-state index contributed by atoms with van der Waals surface area (Å²) in [6.45, 7) is 1.95. The first-order chi connectivity index (χ1) is 27.4. The van der Waals surface area contributed by atoms with Crippen LogP contribution in [0.5, 0.6) is 0 Å². The van der Waals surface area contributed by atoms with Gasteiger partial charge in [0, 0.05) is 34.6 Å². The number of nitriles is 2. The van der Waals surface area contributed by atoms with Crippen LogP contribution in [0.4, 0.5) is 13.2 Å². The summed E-state index contributed by atoms with van der Waals surface area (Å²) in [7, 11) is 3.62. The van der Waals surface area contributed by atoms with Crippen molar-refractivity contribution >= 4 is 29.8 Å². The molecule has 1 fully saturated rings. The van der Waals surface area contributed by atoms with Crippen molar-refractivity contribution in [2.24, 2.45) is 0 Å². The van der Waals surface area contributed by atoms with E-state index in [-0.39, 0.29) is 65.9 Å². The van der Waals surface area contributed by atoms with Gasteiger partial charge in [-0.15, -0.1) is 11.8 Å². The van der Waals surface area contributed by atoms with Gasteiger partial charge in [0.25, 0.3) is 0 Å². The van der Waals surface area contributed by atoms with Crippen LogP contribution in [0.2, 0.25) is 0 Å². The van der Waals surface area contributed by atoms with Gasteiger partial charge in [0.05, 0.1) is 60.3 Å². The fourth-order valence-corrected chi connectivity index (χ4v) is 7.21. The van der Waals surface area contributed by atoms with E-state index in [1.165, 1.54) is 65.5 Å². The molecule has 1 aliphatic rings. The van der Waals surface area contributed by atoms with Gasteiger partial charge in [0.1, 0.15) is 36.7 Å². The second-order valence-corrected chi connectivity index (χ2v) is 14.9. The summed E-state index contributed by atoms with van der Waals surface area (Å²) in [6.07, 6.45) is 8.42. The second kappa shape index (κ2) is 19.9. The zero-order chi connectivity index (χ0) is 41.0. The number of carbonyl (C=O) groups is 2. The van der Waals surface area contributed by atoms with Gasteiger partial charge in [-0.3, -0.25) is 4.79 Å². The molecule has 4 aromatic rings. The number of aromatic nitrogens is 3. The SMILES string of the molecule is C[C@@H](SC1COC(C=CC=Cc2ccc(C#N)cc2F)OC1)[C@@](Cn1cncn1)(OC(=O)c1cc(C#N)ccc1COC(=O)CCN(C)C)c1ccc(F)cc1F. The van der Waals surface area contributed by atoms with Crippen molar-refractivity contribution in [2.45, 2.75) is 48.9 Å². The molecule has 0 unspecified atom stereocenters. The lowest BCUT2D eigenvalue weighted by Gasteiger charge is -2.40. The number of ether oxygens (including phenoxy) is 4. The van der Waals surface area contributed by atoms with Crippen LogP contribution in [-0.4, -0.2) is 82.2 Å². The molecular weight excluding hydrogens is 762 g/mol. The van der Waals surface area contributed by atoms with Gasteiger partial charge in [-0.05, 0) is 63.5 Å². The van der Waals surface area contributed by atoms with Gasteiger partial charge in [0.15, 0.2) is 11.9 Å². The lowest BCUT2D eigenvalue weighted by molar-refractivity contribution is -0.146. The zero-order valence-corrected chi connectivity index (χ0v) is 32.1. The molecule has 0 saturated carbocycles. The Hall–Kier alpha value is -5.78. The third-order valence-corrected chi connectivity index (χ3v) is 10.3. The van der Waals surface area contributed by atoms with E-state index in [1.54, 1.807) is 31.2 Å². The first kappa shape index (κ1) is 42.4. The number of hydrogen-bond acceptors (Lipinski definition) is 12. The van der Waals surface area contributed by atoms with E-state index < -0.39 is 46.5 Å². The van der Waals surface area contributed by atoms with Crippen LogP contribution in [0.25, 0.3) is 6.08 Å². The predicted molar refractivity (Wildman–Crippen MR) is 203 cm³/mol. The standard InChI is InChI=1S/C41H39F3N6O6S/c1-27(57-33-22-54-39(55-23-33)7-5-4-6-30-10-8-29(20-46)17-36(30)43)41(24-50-26-47-25-48-50,35-13-12-32(42)18-37(35)44)56-40(52)34-16-28(19-45)9-11-31(34)21-53-38(51)14-15-49(2)3/h4-13,16-18,25-27,33,39H,14-15,21-24H2,1-3H3/t27-,33?,39?,41-/m1/s1. The lowest BCUT2D eigenvalue weighted by atomic mass is 9.89. The Labute approximate surface area is 332 Å². The average Bonchev–Trinajstić information content (AvgIpc) is 3.71. The molecule has 3 aromatic carbocycles. The van der Waals surface area contributed by atoms with E-state index in [2.05, 4.69) is 10.1 Å². The highest BCUT2D eigenvalue weighted by atomic mass is 32.2. The van der Waals surface area contributed by atoms with E-state index in [0.717, 1.165) is 12.1 Å². The Balaban J connectivity index is 1.39. The molecule has 12 nitrogen and oxygen atoms in total. The Bertz CT molecular complexity index is 2180. The molecule has 16 heteroatoms. The van der Waals surface area contributed by atoms with E-state index >= 15 is 4.39 Å². The number of esters is 2. The maximum absolute atomic E-state index is 16.0. The van der Waals surface area contributed by atoms with Gasteiger partial charge in [-0.1, -0.05) is 30.4 Å². The molecule has 2 heterocycles. The maximum atomic E-state index is 16.0. The monoisotopic (exact) mass is 800 g/mol. The normalized spacial score (nSPS) is 17.2. The zero-order valence-electron chi connectivity index (χ0n) is 31.3. The van der Waals surface area contributed by atoms with Crippen molar-refractivity contribution < 1.29 is 41.7 Å². The minimum absolute atomic E-state index is 0.0907. The first-order valence-electron chi connectivity index (χ1n) is 17.7. The number of hydrogen-bond donors (Lipinski definition) is 0. The lowest BCUT2D eigenvalue weighted by Crippen LogP contribution is -2.47. The highest BCUT2D eigenvalue weighted by Crippen LogP contribution is 2.42. The van der Waals surface area contributed by atoms with E-state index in [1.807, 2.05) is 31.1 Å². The molecular formula is C41H39F3N6O6S. The highest BCUT2D eigenvalue weighted by Gasteiger charge is 2.47. The predicted octanol–water partition coefficient (Wildman–Crippen LogP) is 6.32. The highest BCUT2D eigenvalue weighted by molar-refractivity contribution is 8.00. The largest absolute Gasteiger partial charge is 0.461 e. The minimum Gasteiger partial charge on any atom is -0.461 e. The van der Waals surface area contributed by atoms with Gasteiger partial charge < -0.3 is 23.8 Å². The molecule has 1 saturated heterocycles. The topological polar surface area (TPSA) is 153 Å². The van der Waals surface area contributed by atoms with E-state index in [9.17, 15) is 23.6 Å². The number of halogens is 3. The van der Waals surface area contributed by atoms with Crippen molar-refractivity contribution in [1.29, 1.82) is 10.5 Å². The van der Waals surface area contributed by atoms with Crippen molar-refractivity contribution in [3.63, 3.8) is 0 Å². The first-order valence-corrected chi connectivity index (χ1v) is 18.6. The quantitative estimate of drug-likeness (QED) is 0.0921. The molecule has 1 aliphatic heterocycles. The molecule has 0 aliphatic carbocycles.